The number of benzene rings is 1. The summed E-state index contributed by atoms with van der Waals surface area (Å²) in [5, 5.41) is 0. The van der Waals surface area contributed by atoms with Gasteiger partial charge in [-0.05, 0) is 24.3 Å². The first kappa shape index (κ1) is 11.3. The maximum atomic E-state index is 12.3. The number of hydrogen-bond donors (Lipinski definition) is 1. The molecular formula is C10H8F3NO. The van der Waals surface area contributed by atoms with Crippen molar-refractivity contribution in [1.82, 2.24) is 0 Å². The van der Waals surface area contributed by atoms with Gasteiger partial charge in [0, 0.05) is 11.3 Å². The molecule has 0 unspecified atom stereocenters. The van der Waals surface area contributed by atoms with E-state index in [0.717, 1.165) is 24.3 Å². The van der Waals surface area contributed by atoms with Crippen molar-refractivity contribution in [1.29, 1.82) is 0 Å². The number of carbonyl (C=O) groups excluding carboxylic acids is 1. The highest BCUT2D eigenvalue weighted by Crippen LogP contribution is 2.31. The smallest absolute Gasteiger partial charge is 0.398 e. The number of anilines is 1. The summed E-state index contributed by atoms with van der Waals surface area (Å²) in [7, 11) is 0. The van der Waals surface area contributed by atoms with Gasteiger partial charge in [0.05, 0.1) is 5.56 Å². The van der Waals surface area contributed by atoms with Gasteiger partial charge in [-0.1, -0.05) is 6.58 Å². The van der Waals surface area contributed by atoms with Crippen LogP contribution >= 0.6 is 0 Å². The molecule has 0 spiro atoms. The van der Waals surface area contributed by atoms with Gasteiger partial charge in [0.15, 0.2) is 5.78 Å². The molecule has 0 aromatic heterocycles. The molecule has 0 fully saturated rings. The number of nitrogens with two attached hydrogens (primary N) is 1. The van der Waals surface area contributed by atoms with Gasteiger partial charge < -0.3 is 5.73 Å². The number of hydrogen-bond acceptors (Lipinski definition) is 2. The van der Waals surface area contributed by atoms with Crippen LogP contribution in [0.3, 0.4) is 0 Å². The first-order valence-corrected chi connectivity index (χ1v) is 3.99. The molecular weight excluding hydrogens is 207 g/mol. The molecule has 15 heavy (non-hydrogen) atoms. The Balaban J connectivity index is 3.29. The number of rotatable bonds is 2. The predicted molar refractivity (Wildman–Crippen MR) is 50.4 cm³/mol. The van der Waals surface area contributed by atoms with Crippen LogP contribution in [-0.2, 0) is 6.18 Å². The number of nitrogen functional groups attached to an aromatic ring is 1. The van der Waals surface area contributed by atoms with Crippen LogP contribution in [0.15, 0.2) is 30.9 Å². The van der Waals surface area contributed by atoms with Gasteiger partial charge in [-0.25, -0.2) is 0 Å². The summed E-state index contributed by atoms with van der Waals surface area (Å²) in [6.07, 6.45) is -3.56. The van der Waals surface area contributed by atoms with Gasteiger partial charge in [-0.2, -0.15) is 13.2 Å². The van der Waals surface area contributed by atoms with E-state index in [4.69, 9.17) is 5.73 Å². The van der Waals surface area contributed by atoms with Crippen LogP contribution in [0.4, 0.5) is 18.9 Å². The zero-order valence-corrected chi connectivity index (χ0v) is 7.64. The highest BCUT2D eigenvalue weighted by molar-refractivity contribution is 6.07. The zero-order chi connectivity index (χ0) is 11.6. The normalized spacial score (nSPS) is 11.1. The Morgan fingerprint density at radius 2 is 2.00 bits per heavy atom. The summed E-state index contributed by atoms with van der Waals surface area (Å²) >= 11 is 0. The van der Waals surface area contributed by atoms with E-state index in [1.165, 1.54) is 0 Å². The van der Waals surface area contributed by atoms with Crippen molar-refractivity contribution < 1.29 is 18.0 Å². The van der Waals surface area contributed by atoms with E-state index < -0.39 is 17.5 Å². The topological polar surface area (TPSA) is 43.1 Å². The van der Waals surface area contributed by atoms with Crippen LogP contribution in [0.25, 0.3) is 0 Å². The summed E-state index contributed by atoms with van der Waals surface area (Å²) in [5.74, 6) is -0.626. The van der Waals surface area contributed by atoms with Crippen molar-refractivity contribution in [2.24, 2.45) is 0 Å². The molecule has 2 nitrogen and oxygen atoms in total. The van der Waals surface area contributed by atoms with Crippen LogP contribution in [0, 0.1) is 0 Å². The molecule has 0 saturated carbocycles. The summed E-state index contributed by atoms with van der Waals surface area (Å²) in [6.45, 7) is 3.18. The number of alkyl halides is 3. The zero-order valence-electron chi connectivity index (χ0n) is 7.64. The Morgan fingerprint density at radius 3 is 2.47 bits per heavy atom. The molecule has 0 bridgehead atoms. The van der Waals surface area contributed by atoms with Gasteiger partial charge >= 0.3 is 6.18 Å². The maximum Gasteiger partial charge on any atom is 0.416 e. The van der Waals surface area contributed by atoms with Crippen LogP contribution in [0.1, 0.15) is 15.9 Å². The van der Waals surface area contributed by atoms with E-state index in [9.17, 15) is 18.0 Å². The van der Waals surface area contributed by atoms with Crippen LogP contribution in [0.2, 0.25) is 0 Å². The van der Waals surface area contributed by atoms with Crippen molar-refractivity contribution in [2.45, 2.75) is 6.18 Å². The predicted octanol–water partition coefficient (Wildman–Crippen LogP) is 2.66. The van der Waals surface area contributed by atoms with Gasteiger partial charge in [0.2, 0.25) is 0 Å². The molecule has 0 radical (unpaired) electrons. The minimum atomic E-state index is -4.48. The van der Waals surface area contributed by atoms with Gasteiger partial charge in [0.25, 0.3) is 0 Å². The average molecular weight is 215 g/mol. The molecule has 0 atom stereocenters. The first-order chi connectivity index (χ1) is 6.86. The van der Waals surface area contributed by atoms with E-state index in [1.807, 2.05) is 0 Å². The monoisotopic (exact) mass is 215 g/mol. The second-order valence-electron chi connectivity index (χ2n) is 2.87. The molecule has 0 heterocycles. The van der Waals surface area contributed by atoms with Gasteiger partial charge in [-0.15, -0.1) is 0 Å². The SMILES string of the molecule is C=CC(=O)c1cc(C(F)(F)F)ccc1N. The quantitative estimate of drug-likeness (QED) is 0.468. The molecule has 0 saturated heterocycles. The molecule has 1 rings (SSSR count). The molecule has 0 aliphatic carbocycles. The summed E-state index contributed by atoms with van der Waals surface area (Å²) in [4.78, 5) is 11.1. The molecule has 0 amide bonds. The third-order valence-corrected chi connectivity index (χ3v) is 1.83. The van der Waals surface area contributed by atoms with Crippen molar-refractivity contribution in [3.05, 3.63) is 42.0 Å². The summed E-state index contributed by atoms with van der Waals surface area (Å²) < 4.78 is 36.9. The van der Waals surface area contributed by atoms with E-state index in [0.29, 0.717) is 0 Å². The molecule has 0 aliphatic heterocycles. The van der Waals surface area contributed by atoms with Crippen LogP contribution in [0.5, 0.6) is 0 Å². The fraction of sp³-hybridized carbons (Fsp3) is 0.100. The van der Waals surface area contributed by atoms with Crippen LogP contribution < -0.4 is 5.73 Å². The Bertz CT molecular complexity index is 410. The molecule has 80 valence electrons. The lowest BCUT2D eigenvalue weighted by molar-refractivity contribution is -0.137. The highest BCUT2D eigenvalue weighted by Gasteiger charge is 2.31. The number of carbonyl (C=O) groups is 1. The summed E-state index contributed by atoms with van der Waals surface area (Å²) in [5.41, 5.74) is 4.30. The van der Waals surface area contributed by atoms with Crippen LogP contribution in [-0.4, -0.2) is 5.78 Å². The standard InChI is InChI=1S/C10H8F3NO/c1-2-9(15)7-5-6(10(11,12)13)3-4-8(7)14/h2-5H,1,14H2. The largest absolute Gasteiger partial charge is 0.416 e. The minimum absolute atomic E-state index is 0.00731. The number of halogens is 3. The van der Waals surface area contributed by atoms with Crippen molar-refractivity contribution in [2.75, 3.05) is 5.73 Å². The fourth-order valence-corrected chi connectivity index (χ4v) is 1.06. The second kappa shape index (κ2) is 3.76. The Hall–Kier alpha value is -1.78. The molecule has 2 N–H and O–H groups in total. The minimum Gasteiger partial charge on any atom is -0.398 e. The summed E-state index contributed by atoms with van der Waals surface area (Å²) in [6, 6.07) is 2.61. The molecule has 1 aromatic rings. The first-order valence-electron chi connectivity index (χ1n) is 3.99. The third kappa shape index (κ3) is 2.37. The molecule has 0 aliphatic rings. The van der Waals surface area contributed by atoms with Crippen molar-refractivity contribution in [3.63, 3.8) is 0 Å². The fourth-order valence-electron chi connectivity index (χ4n) is 1.06. The average Bonchev–Trinajstić information content (AvgIpc) is 2.15. The maximum absolute atomic E-state index is 12.3. The highest BCUT2D eigenvalue weighted by atomic mass is 19.4. The van der Waals surface area contributed by atoms with E-state index in [1.54, 1.807) is 0 Å². The van der Waals surface area contributed by atoms with Gasteiger partial charge in [0.1, 0.15) is 0 Å². The number of ketones is 1. The lowest BCUT2D eigenvalue weighted by Crippen LogP contribution is -2.08. The van der Waals surface area contributed by atoms with Crippen molar-refractivity contribution >= 4 is 11.5 Å². The van der Waals surface area contributed by atoms with E-state index in [-0.39, 0.29) is 11.3 Å². The third-order valence-electron chi connectivity index (χ3n) is 1.83. The Morgan fingerprint density at radius 1 is 1.40 bits per heavy atom. The number of allylic oxidation sites excluding steroid dienone is 1. The molecule has 1 aromatic carbocycles. The second-order valence-corrected chi connectivity index (χ2v) is 2.87. The lowest BCUT2D eigenvalue weighted by Gasteiger charge is -2.09. The lowest BCUT2D eigenvalue weighted by atomic mass is 10.0. The van der Waals surface area contributed by atoms with Crippen molar-refractivity contribution in [3.8, 4) is 0 Å². The Labute approximate surface area is 84.2 Å². The van der Waals surface area contributed by atoms with E-state index >= 15 is 0 Å². The Kier molecular flexibility index (Phi) is 2.83. The van der Waals surface area contributed by atoms with E-state index in [2.05, 4.69) is 6.58 Å². The van der Waals surface area contributed by atoms with Gasteiger partial charge in [-0.3, -0.25) is 4.79 Å². The molecule has 5 heteroatoms.